The average Bonchev–Trinajstić information content (AvgIpc) is 2.29. The zero-order chi connectivity index (χ0) is 13.8. The Morgan fingerprint density at radius 3 is 2.72 bits per heavy atom. The molecular weight excluding hydrogens is 281 g/mol. The first-order chi connectivity index (χ1) is 8.38. The summed E-state index contributed by atoms with van der Waals surface area (Å²) in [7, 11) is -3.80. The van der Waals surface area contributed by atoms with Crippen LogP contribution < -0.4 is 4.72 Å². The molecule has 0 saturated heterocycles. The van der Waals surface area contributed by atoms with Crippen LogP contribution in [0, 0.1) is 5.82 Å². The zero-order valence-electron chi connectivity index (χ0n) is 9.51. The summed E-state index contributed by atoms with van der Waals surface area (Å²) in [5.74, 6) is -1.88. The van der Waals surface area contributed by atoms with E-state index in [4.69, 9.17) is 5.11 Å². The van der Waals surface area contributed by atoms with Crippen LogP contribution in [0.25, 0.3) is 0 Å². The summed E-state index contributed by atoms with van der Waals surface area (Å²) in [6.07, 6.45) is 1.83. The lowest BCUT2D eigenvalue weighted by Gasteiger charge is -2.07. The molecule has 0 unspecified atom stereocenters. The van der Waals surface area contributed by atoms with Crippen LogP contribution in [0.2, 0.25) is 0 Å². The van der Waals surface area contributed by atoms with Gasteiger partial charge in [0.15, 0.2) is 0 Å². The maximum Gasteiger partial charge on any atom is 0.338 e. The summed E-state index contributed by atoms with van der Waals surface area (Å²) in [6, 6.07) is 2.66. The first-order valence-electron chi connectivity index (χ1n) is 4.90. The molecule has 2 N–H and O–H groups in total. The normalized spacial score (nSPS) is 11.4. The molecule has 1 aromatic rings. The molecular formula is C10H12FNO4S2. The van der Waals surface area contributed by atoms with Crippen LogP contribution in [0.1, 0.15) is 10.4 Å². The van der Waals surface area contributed by atoms with Crippen LogP contribution in [0.3, 0.4) is 0 Å². The Labute approximate surface area is 108 Å². The number of aromatic carboxylic acids is 1. The molecule has 0 atom stereocenters. The van der Waals surface area contributed by atoms with Crippen molar-refractivity contribution >= 4 is 27.8 Å². The molecule has 1 aromatic carbocycles. The predicted molar refractivity (Wildman–Crippen MR) is 66.9 cm³/mol. The van der Waals surface area contributed by atoms with Gasteiger partial charge in [-0.05, 0) is 24.5 Å². The molecule has 1 rings (SSSR count). The van der Waals surface area contributed by atoms with Gasteiger partial charge in [0.2, 0.25) is 10.0 Å². The van der Waals surface area contributed by atoms with E-state index in [1.807, 2.05) is 6.26 Å². The van der Waals surface area contributed by atoms with E-state index in [1.54, 1.807) is 0 Å². The number of carboxylic acids is 1. The third-order valence-electron chi connectivity index (χ3n) is 2.08. The Hall–Kier alpha value is -1.12. The van der Waals surface area contributed by atoms with Crippen molar-refractivity contribution in [1.82, 2.24) is 4.72 Å². The predicted octanol–water partition coefficient (Wildman–Crippen LogP) is 1.17. The van der Waals surface area contributed by atoms with Gasteiger partial charge in [-0.25, -0.2) is 22.3 Å². The highest BCUT2D eigenvalue weighted by Crippen LogP contribution is 2.15. The molecule has 0 amide bonds. The highest BCUT2D eigenvalue weighted by molar-refractivity contribution is 7.98. The second-order valence-corrected chi connectivity index (χ2v) is 6.09. The number of halogens is 1. The number of benzene rings is 1. The maximum absolute atomic E-state index is 13.1. The molecule has 5 nitrogen and oxygen atoms in total. The van der Waals surface area contributed by atoms with Gasteiger partial charge in [-0.1, -0.05) is 0 Å². The summed E-state index contributed by atoms with van der Waals surface area (Å²) in [6.45, 7) is 0.225. The van der Waals surface area contributed by atoms with Crippen molar-refractivity contribution in [3.63, 3.8) is 0 Å². The van der Waals surface area contributed by atoms with Crippen LogP contribution in [0.5, 0.6) is 0 Å². The fourth-order valence-electron chi connectivity index (χ4n) is 1.20. The molecule has 0 spiro atoms. The standard InChI is InChI=1S/C10H12FNO4S2/c1-17-5-4-12-18(15,16)7-2-3-9(11)8(6-7)10(13)14/h2-3,6,12H,4-5H2,1H3,(H,13,14). The molecule has 0 fully saturated rings. The van der Waals surface area contributed by atoms with Crippen molar-refractivity contribution in [1.29, 1.82) is 0 Å². The number of rotatable bonds is 6. The van der Waals surface area contributed by atoms with Crippen molar-refractivity contribution in [2.24, 2.45) is 0 Å². The number of nitrogens with one attached hydrogen (secondary N) is 1. The maximum atomic E-state index is 13.1. The lowest BCUT2D eigenvalue weighted by Crippen LogP contribution is -2.26. The van der Waals surface area contributed by atoms with E-state index in [9.17, 15) is 17.6 Å². The van der Waals surface area contributed by atoms with E-state index >= 15 is 0 Å². The molecule has 0 aliphatic heterocycles. The summed E-state index contributed by atoms with van der Waals surface area (Å²) < 4.78 is 38.9. The van der Waals surface area contributed by atoms with Crippen molar-refractivity contribution in [3.8, 4) is 0 Å². The molecule has 0 saturated carbocycles. The molecule has 8 heteroatoms. The lowest BCUT2D eigenvalue weighted by molar-refractivity contribution is 0.0691. The van der Waals surface area contributed by atoms with Crippen LogP contribution >= 0.6 is 11.8 Å². The summed E-state index contributed by atoms with van der Waals surface area (Å²) in [4.78, 5) is 10.4. The monoisotopic (exact) mass is 293 g/mol. The number of carboxylic acid groups (broad SMARTS) is 1. The second-order valence-electron chi connectivity index (χ2n) is 3.34. The number of carbonyl (C=O) groups is 1. The van der Waals surface area contributed by atoms with Crippen LogP contribution in [0.15, 0.2) is 23.1 Å². The van der Waals surface area contributed by atoms with Crippen molar-refractivity contribution < 1.29 is 22.7 Å². The van der Waals surface area contributed by atoms with Crippen LogP contribution in [0.4, 0.5) is 4.39 Å². The highest BCUT2D eigenvalue weighted by Gasteiger charge is 2.18. The number of thioether (sulfide) groups is 1. The number of sulfonamides is 1. The molecule has 0 radical (unpaired) electrons. The van der Waals surface area contributed by atoms with E-state index in [2.05, 4.69) is 4.72 Å². The summed E-state index contributed by atoms with van der Waals surface area (Å²) in [5.41, 5.74) is -0.664. The van der Waals surface area contributed by atoms with Crippen LogP contribution in [-0.4, -0.2) is 38.0 Å². The SMILES string of the molecule is CSCCNS(=O)(=O)c1ccc(F)c(C(=O)O)c1. The van der Waals surface area contributed by atoms with Crippen molar-refractivity contribution in [2.75, 3.05) is 18.6 Å². The second kappa shape index (κ2) is 6.17. The van der Waals surface area contributed by atoms with Gasteiger partial charge in [0.1, 0.15) is 5.82 Å². The third kappa shape index (κ3) is 3.69. The molecule has 0 heterocycles. The van der Waals surface area contributed by atoms with E-state index in [0.29, 0.717) is 5.75 Å². The highest BCUT2D eigenvalue weighted by atomic mass is 32.2. The molecule has 18 heavy (non-hydrogen) atoms. The lowest BCUT2D eigenvalue weighted by atomic mass is 10.2. The molecule has 0 bridgehead atoms. The first kappa shape index (κ1) is 14.9. The summed E-state index contributed by atoms with van der Waals surface area (Å²) in [5, 5.41) is 8.71. The minimum absolute atomic E-state index is 0.225. The van der Waals surface area contributed by atoms with Gasteiger partial charge in [-0.2, -0.15) is 11.8 Å². The third-order valence-corrected chi connectivity index (χ3v) is 4.15. The van der Waals surface area contributed by atoms with Gasteiger partial charge >= 0.3 is 5.97 Å². The molecule has 0 aromatic heterocycles. The molecule has 0 aliphatic rings. The van der Waals surface area contributed by atoms with E-state index in [1.165, 1.54) is 11.8 Å². The average molecular weight is 293 g/mol. The van der Waals surface area contributed by atoms with Crippen LogP contribution in [-0.2, 0) is 10.0 Å². The Kier molecular flexibility index (Phi) is 5.12. The van der Waals surface area contributed by atoms with Gasteiger partial charge in [0.25, 0.3) is 0 Å². The first-order valence-corrected chi connectivity index (χ1v) is 7.77. The van der Waals surface area contributed by atoms with Gasteiger partial charge in [-0.15, -0.1) is 0 Å². The van der Waals surface area contributed by atoms with E-state index < -0.39 is 27.4 Å². The largest absolute Gasteiger partial charge is 0.478 e. The summed E-state index contributed by atoms with van der Waals surface area (Å²) >= 11 is 1.47. The molecule has 100 valence electrons. The van der Waals surface area contributed by atoms with Crippen molar-refractivity contribution in [2.45, 2.75) is 4.90 Å². The zero-order valence-corrected chi connectivity index (χ0v) is 11.1. The minimum Gasteiger partial charge on any atom is -0.478 e. The fourth-order valence-corrected chi connectivity index (χ4v) is 2.69. The Bertz CT molecular complexity index is 545. The van der Waals surface area contributed by atoms with Gasteiger partial charge in [0, 0.05) is 12.3 Å². The fraction of sp³-hybridized carbons (Fsp3) is 0.300. The van der Waals surface area contributed by atoms with Gasteiger partial charge < -0.3 is 5.11 Å². The topological polar surface area (TPSA) is 83.5 Å². The van der Waals surface area contributed by atoms with Gasteiger partial charge in [0.05, 0.1) is 10.5 Å². The Morgan fingerprint density at radius 1 is 1.50 bits per heavy atom. The number of hydrogen-bond donors (Lipinski definition) is 2. The Morgan fingerprint density at radius 2 is 2.17 bits per heavy atom. The quantitative estimate of drug-likeness (QED) is 0.769. The number of hydrogen-bond acceptors (Lipinski definition) is 4. The van der Waals surface area contributed by atoms with Gasteiger partial charge in [-0.3, -0.25) is 0 Å². The Balaban J connectivity index is 3.02. The van der Waals surface area contributed by atoms with E-state index in [-0.39, 0.29) is 11.4 Å². The van der Waals surface area contributed by atoms with E-state index in [0.717, 1.165) is 18.2 Å². The molecule has 0 aliphatic carbocycles. The van der Waals surface area contributed by atoms with Crippen molar-refractivity contribution in [3.05, 3.63) is 29.6 Å². The smallest absolute Gasteiger partial charge is 0.338 e. The minimum atomic E-state index is -3.80.